The van der Waals surface area contributed by atoms with Crippen molar-refractivity contribution in [2.75, 3.05) is 35.2 Å². The Morgan fingerprint density at radius 2 is 2.00 bits per heavy atom. The van der Waals surface area contributed by atoms with Crippen molar-refractivity contribution in [2.24, 2.45) is 0 Å². The van der Waals surface area contributed by atoms with E-state index in [0.717, 1.165) is 36.6 Å². The van der Waals surface area contributed by atoms with Crippen LogP contribution in [0.1, 0.15) is 40.3 Å². The topological polar surface area (TPSA) is 90.7 Å². The molecule has 0 radical (unpaired) electrons. The highest BCUT2D eigenvalue weighted by atomic mass is 35.5. The molecule has 2 N–H and O–H groups in total. The Hall–Kier alpha value is -3.62. The molecule has 36 heavy (non-hydrogen) atoms. The molecule has 2 aliphatic rings. The van der Waals surface area contributed by atoms with E-state index in [0.29, 0.717) is 27.7 Å². The normalized spacial score (nSPS) is 20.0. The van der Waals surface area contributed by atoms with Crippen LogP contribution in [0.3, 0.4) is 0 Å². The number of fused-ring (bicyclic) bond motifs is 1. The van der Waals surface area contributed by atoms with E-state index >= 15 is 0 Å². The van der Waals surface area contributed by atoms with Gasteiger partial charge in [-0.25, -0.2) is 0 Å². The molecule has 1 saturated heterocycles. The summed E-state index contributed by atoms with van der Waals surface area (Å²) >= 11 is 6.69. The number of carbonyl (C=O) groups excluding carboxylic acids is 2. The summed E-state index contributed by atoms with van der Waals surface area (Å²) in [4.78, 5) is 29.5. The van der Waals surface area contributed by atoms with Crippen LogP contribution in [0.5, 0.6) is 0 Å². The van der Waals surface area contributed by atoms with Crippen molar-refractivity contribution >= 4 is 40.5 Å². The molecule has 1 unspecified atom stereocenters. The maximum atomic E-state index is 12.7. The number of nitrogens with one attached hydrogen (secondary N) is 2. The molecule has 2 atom stereocenters. The van der Waals surface area contributed by atoms with E-state index in [1.807, 2.05) is 36.4 Å². The molecule has 186 valence electrons. The zero-order valence-corrected chi connectivity index (χ0v) is 21.2. The summed E-state index contributed by atoms with van der Waals surface area (Å²) in [5, 5.41) is 10.3. The van der Waals surface area contributed by atoms with Gasteiger partial charge in [0.15, 0.2) is 0 Å². The summed E-state index contributed by atoms with van der Waals surface area (Å²) in [6.07, 6.45) is 3.60. The summed E-state index contributed by atoms with van der Waals surface area (Å²) < 4.78 is 5.10. The minimum atomic E-state index is -0.276. The Labute approximate surface area is 214 Å². The van der Waals surface area contributed by atoms with Crippen molar-refractivity contribution < 1.29 is 14.1 Å². The molecule has 0 saturated carbocycles. The van der Waals surface area contributed by atoms with Gasteiger partial charge in [-0.15, -0.1) is 0 Å². The van der Waals surface area contributed by atoms with E-state index in [-0.39, 0.29) is 23.9 Å². The first kappa shape index (κ1) is 24.1. The van der Waals surface area contributed by atoms with Crippen LogP contribution < -0.4 is 15.5 Å². The number of carbonyl (C=O) groups is 2. The molecule has 3 heterocycles. The molecule has 0 spiro atoms. The van der Waals surface area contributed by atoms with Crippen LogP contribution in [0.15, 0.2) is 59.1 Å². The first-order valence-corrected chi connectivity index (χ1v) is 12.3. The zero-order valence-electron chi connectivity index (χ0n) is 20.4. The summed E-state index contributed by atoms with van der Waals surface area (Å²) in [6.45, 7) is 8.01. The average Bonchev–Trinajstić information content (AvgIpc) is 3.08. The van der Waals surface area contributed by atoms with Gasteiger partial charge < -0.3 is 20.1 Å². The van der Waals surface area contributed by atoms with Crippen LogP contribution in [0.4, 0.5) is 17.1 Å². The average molecular weight is 506 g/mol. The molecule has 3 aromatic rings. The maximum absolute atomic E-state index is 12.7. The molecular weight excluding hydrogens is 478 g/mol. The second-order valence-electron chi connectivity index (χ2n) is 9.24. The Morgan fingerprint density at radius 3 is 2.72 bits per heavy atom. The SMILES string of the molecule is Cc1noc(C)c1C(=O)Nc1ccc(N2CCN(C3C=CC(=O)Nc4ccccc43)C[C@H]2C)c(Cl)c1. The van der Waals surface area contributed by atoms with E-state index in [1.165, 1.54) is 0 Å². The highest BCUT2D eigenvalue weighted by Crippen LogP contribution is 2.36. The van der Waals surface area contributed by atoms with Crippen molar-refractivity contribution in [1.82, 2.24) is 10.1 Å². The van der Waals surface area contributed by atoms with E-state index in [1.54, 1.807) is 26.0 Å². The van der Waals surface area contributed by atoms with Gasteiger partial charge in [0, 0.05) is 43.1 Å². The van der Waals surface area contributed by atoms with E-state index in [4.69, 9.17) is 16.1 Å². The van der Waals surface area contributed by atoms with Crippen molar-refractivity contribution in [3.05, 3.63) is 82.2 Å². The van der Waals surface area contributed by atoms with Gasteiger partial charge in [-0.3, -0.25) is 14.5 Å². The van der Waals surface area contributed by atoms with Crippen molar-refractivity contribution in [1.29, 1.82) is 0 Å². The molecule has 0 bridgehead atoms. The zero-order chi connectivity index (χ0) is 25.4. The number of aryl methyl sites for hydroxylation is 2. The standard InChI is InChI=1S/C27H28ClN5O3/c1-16-15-32(23-10-11-25(34)30-22-7-5-4-6-20(22)23)12-13-33(16)24-9-8-19(14-21(24)28)29-27(35)26-17(2)31-36-18(26)3/h4-11,14,16,23H,12-13,15H2,1-3H3,(H,29,35)(H,30,34)/t16-,23?/m1/s1. The molecule has 0 aliphatic carbocycles. The van der Waals surface area contributed by atoms with Crippen LogP contribution in [-0.4, -0.2) is 47.5 Å². The third kappa shape index (κ3) is 4.62. The van der Waals surface area contributed by atoms with Gasteiger partial charge in [-0.05, 0) is 50.6 Å². The van der Waals surface area contributed by atoms with Crippen LogP contribution in [-0.2, 0) is 4.79 Å². The van der Waals surface area contributed by atoms with E-state index in [2.05, 4.69) is 38.6 Å². The molecule has 1 aromatic heterocycles. The Kier molecular flexibility index (Phi) is 6.55. The first-order valence-electron chi connectivity index (χ1n) is 11.9. The van der Waals surface area contributed by atoms with Gasteiger partial charge in [0.1, 0.15) is 11.3 Å². The van der Waals surface area contributed by atoms with Gasteiger partial charge in [0.25, 0.3) is 5.91 Å². The highest BCUT2D eigenvalue weighted by molar-refractivity contribution is 6.33. The fourth-order valence-electron chi connectivity index (χ4n) is 5.06. The smallest absolute Gasteiger partial charge is 0.261 e. The molecule has 2 aromatic carbocycles. The number of nitrogens with zero attached hydrogens (tertiary/aromatic N) is 3. The van der Waals surface area contributed by atoms with Gasteiger partial charge in [0.05, 0.1) is 22.4 Å². The number of rotatable bonds is 4. The lowest BCUT2D eigenvalue weighted by Crippen LogP contribution is -2.52. The number of hydrogen-bond acceptors (Lipinski definition) is 6. The first-order chi connectivity index (χ1) is 17.3. The fourth-order valence-corrected chi connectivity index (χ4v) is 5.35. The van der Waals surface area contributed by atoms with Crippen LogP contribution in [0.25, 0.3) is 0 Å². The van der Waals surface area contributed by atoms with Gasteiger partial charge in [-0.2, -0.15) is 0 Å². The predicted molar refractivity (Wildman–Crippen MR) is 141 cm³/mol. The van der Waals surface area contributed by atoms with Gasteiger partial charge in [0.2, 0.25) is 5.91 Å². The lowest BCUT2D eigenvalue weighted by Gasteiger charge is -2.44. The second kappa shape index (κ2) is 9.79. The summed E-state index contributed by atoms with van der Waals surface area (Å²) in [7, 11) is 0. The van der Waals surface area contributed by atoms with Crippen LogP contribution in [0, 0.1) is 13.8 Å². The molecule has 1 fully saturated rings. The third-order valence-electron chi connectivity index (χ3n) is 6.79. The number of aromatic nitrogens is 1. The number of anilines is 3. The van der Waals surface area contributed by atoms with Gasteiger partial charge >= 0.3 is 0 Å². The summed E-state index contributed by atoms with van der Waals surface area (Å²) in [6, 6.07) is 13.7. The molecule has 5 rings (SSSR count). The highest BCUT2D eigenvalue weighted by Gasteiger charge is 2.31. The fraction of sp³-hybridized carbons (Fsp3) is 0.296. The number of hydrogen-bond donors (Lipinski definition) is 2. The quantitative estimate of drug-likeness (QED) is 0.521. The number of amides is 2. The lowest BCUT2D eigenvalue weighted by molar-refractivity contribution is -0.111. The molecule has 9 heteroatoms. The monoisotopic (exact) mass is 505 g/mol. The minimum absolute atomic E-state index is 0.0159. The van der Waals surface area contributed by atoms with Crippen LogP contribution in [0.2, 0.25) is 5.02 Å². The number of halogens is 1. The summed E-state index contributed by atoms with van der Waals surface area (Å²) in [5.41, 5.74) is 4.46. The van der Waals surface area contributed by atoms with Crippen molar-refractivity contribution in [3.8, 4) is 0 Å². The van der Waals surface area contributed by atoms with Crippen molar-refractivity contribution in [2.45, 2.75) is 32.9 Å². The Bertz CT molecular complexity index is 1330. The third-order valence-corrected chi connectivity index (χ3v) is 7.10. The van der Waals surface area contributed by atoms with E-state index in [9.17, 15) is 9.59 Å². The summed E-state index contributed by atoms with van der Waals surface area (Å²) in [5.74, 6) is 0.0948. The predicted octanol–water partition coefficient (Wildman–Crippen LogP) is 4.96. The number of benzene rings is 2. The number of piperazine rings is 1. The maximum Gasteiger partial charge on any atom is 0.261 e. The van der Waals surface area contributed by atoms with Gasteiger partial charge in [-0.1, -0.05) is 41.0 Å². The Balaban J connectivity index is 1.30. The largest absolute Gasteiger partial charge is 0.365 e. The molecule has 2 amide bonds. The van der Waals surface area contributed by atoms with Crippen molar-refractivity contribution in [3.63, 3.8) is 0 Å². The molecule has 2 aliphatic heterocycles. The number of para-hydroxylation sites is 1. The van der Waals surface area contributed by atoms with E-state index < -0.39 is 0 Å². The second-order valence-corrected chi connectivity index (χ2v) is 9.64. The van der Waals surface area contributed by atoms with Crippen LogP contribution >= 0.6 is 11.6 Å². The Morgan fingerprint density at radius 1 is 1.19 bits per heavy atom. The minimum Gasteiger partial charge on any atom is -0.365 e. The lowest BCUT2D eigenvalue weighted by atomic mass is 10.0. The molecular formula is C27H28ClN5O3. The molecule has 8 nitrogen and oxygen atoms in total.